The molecule has 2 amide bonds. The molecule has 7 heteroatoms. The number of fused-ring (bicyclic) bond motifs is 1. The van der Waals surface area contributed by atoms with Crippen LogP contribution in [-0.2, 0) is 16.0 Å². The Labute approximate surface area is 141 Å². The zero-order valence-corrected chi connectivity index (χ0v) is 14.1. The molecule has 0 aliphatic heterocycles. The second-order valence-electron chi connectivity index (χ2n) is 6.14. The van der Waals surface area contributed by atoms with Crippen LogP contribution in [-0.4, -0.2) is 29.4 Å². The minimum Gasteiger partial charge on any atom is -0.369 e. The average molecular weight is 339 g/mol. The van der Waals surface area contributed by atoms with E-state index in [1.165, 1.54) is 0 Å². The monoisotopic (exact) mass is 338 g/mol. The fourth-order valence-electron chi connectivity index (χ4n) is 2.16. The fraction of sp³-hybridized carbons (Fsp3) is 0.375. The van der Waals surface area contributed by atoms with Crippen LogP contribution in [0.15, 0.2) is 30.5 Å². The number of nitrogens with one attached hydrogen (secondary N) is 2. The van der Waals surface area contributed by atoms with Crippen molar-refractivity contribution in [2.45, 2.75) is 26.3 Å². The Bertz CT molecular complexity index is 696. The van der Waals surface area contributed by atoms with Gasteiger partial charge in [0.1, 0.15) is 0 Å². The van der Waals surface area contributed by atoms with Gasteiger partial charge in [0.15, 0.2) is 0 Å². The summed E-state index contributed by atoms with van der Waals surface area (Å²) in [6, 6.07) is 7.17. The minimum absolute atomic E-state index is 0. The van der Waals surface area contributed by atoms with E-state index in [2.05, 4.69) is 10.3 Å². The summed E-state index contributed by atoms with van der Waals surface area (Å²) < 4.78 is 0. The number of halogens is 1. The average Bonchev–Trinajstić information content (AvgIpc) is 2.88. The van der Waals surface area contributed by atoms with Gasteiger partial charge in [-0.15, -0.1) is 12.4 Å². The lowest BCUT2D eigenvalue weighted by Gasteiger charge is -2.22. The Kier molecular flexibility index (Phi) is 6.18. The number of benzene rings is 1. The van der Waals surface area contributed by atoms with E-state index in [9.17, 15) is 9.59 Å². The zero-order chi connectivity index (χ0) is 16.3. The molecule has 23 heavy (non-hydrogen) atoms. The maximum Gasteiger partial charge on any atom is 0.237 e. The van der Waals surface area contributed by atoms with Crippen LogP contribution in [0, 0.1) is 5.41 Å². The Balaban J connectivity index is 0.00000264. The van der Waals surface area contributed by atoms with Crippen molar-refractivity contribution in [1.82, 2.24) is 10.3 Å². The number of carbonyl (C=O) groups is 2. The summed E-state index contributed by atoms with van der Waals surface area (Å²) in [4.78, 5) is 26.5. The number of H-pyrrole nitrogens is 1. The molecular weight excluding hydrogens is 316 g/mol. The number of aromatic amines is 1. The lowest BCUT2D eigenvalue weighted by Crippen LogP contribution is -2.48. The van der Waals surface area contributed by atoms with Crippen molar-refractivity contribution in [3.05, 3.63) is 36.0 Å². The van der Waals surface area contributed by atoms with E-state index < -0.39 is 17.4 Å². The second kappa shape index (κ2) is 7.48. The lowest BCUT2D eigenvalue weighted by atomic mass is 9.92. The molecule has 6 N–H and O–H groups in total. The molecule has 0 aliphatic rings. The van der Waals surface area contributed by atoms with Crippen LogP contribution in [0.5, 0.6) is 0 Å². The number of hydrogen-bond acceptors (Lipinski definition) is 3. The number of rotatable bonds is 6. The van der Waals surface area contributed by atoms with Crippen molar-refractivity contribution in [3.63, 3.8) is 0 Å². The van der Waals surface area contributed by atoms with Crippen LogP contribution >= 0.6 is 12.4 Å². The highest BCUT2D eigenvalue weighted by atomic mass is 35.5. The van der Waals surface area contributed by atoms with Crippen LogP contribution in [0.4, 0.5) is 0 Å². The van der Waals surface area contributed by atoms with Gasteiger partial charge in [0.2, 0.25) is 11.8 Å². The SMILES string of the molecule is CC(C)(CNC(=O)[C@@H](N)Cc1c[nH]c2ccccc12)C(N)=O.Cl. The molecule has 1 aromatic heterocycles. The molecule has 0 aliphatic carbocycles. The molecule has 1 atom stereocenters. The Morgan fingerprint density at radius 3 is 2.61 bits per heavy atom. The molecule has 0 saturated heterocycles. The first-order valence-electron chi connectivity index (χ1n) is 7.19. The number of para-hydroxylation sites is 1. The van der Waals surface area contributed by atoms with Gasteiger partial charge in [0.05, 0.1) is 11.5 Å². The molecule has 0 radical (unpaired) electrons. The van der Waals surface area contributed by atoms with Crippen molar-refractivity contribution < 1.29 is 9.59 Å². The second-order valence-corrected chi connectivity index (χ2v) is 6.14. The van der Waals surface area contributed by atoms with Gasteiger partial charge in [-0.1, -0.05) is 18.2 Å². The highest BCUT2D eigenvalue weighted by molar-refractivity contribution is 5.87. The molecular formula is C16H23ClN4O2. The summed E-state index contributed by atoms with van der Waals surface area (Å²) in [5.74, 6) is -0.752. The van der Waals surface area contributed by atoms with Gasteiger partial charge in [-0.25, -0.2) is 0 Å². The molecule has 0 saturated carbocycles. The third-order valence-electron chi connectivity index (χ3n) is 3.82. The Morgan fingerprint density at radius 2 is 1.96 bits per heavy atom. The molecule has 2 rings (SSSR count). The summed E-state index contributed by atoms with van der Waals surface area (Å²) in [6.07, 6.45) is 2.29. The van der Waals surface area contributed by atoms with Crippen LogP contribution < -0.4 is 16.8 Å². The largest absolute Gasteiger partial charge is 0.369 e. The predicted molar refractivity (Wildman–Crippen MR) is 93.2 cm³/mol. The van der Waals surface area contributed by atoms with Crippen LogP contribution in [0.3, 0.4) is 0 Å². The standard InChI is InChI=1S/C16H22N4O2.ClH/c1-16(2,15(18)22)9-20-14(21)12(17)7-10-8-19-13-6-4-3-5-11(10)13;/h3-6,8,12,19H,7,9,17H2,1-2H3,(H2,18,22)(H,20,21);1H/t12-;/m0./s1. The highest BCUT2D eigenvalue weighted by Crippen LogP contribution is 2.19. The van der Waals surface area contributed by atoms with Crippen molar-refractivity contribution in [3.8, 4) is 0 Å². The van der Waals surface area contributed by atoms with Gasteiger partial charge in [-0.2, -0.15) is 0 Å². The normalized spacial score (nSPS) is 12.5. The van der Waals surface area contributed by atoms with Crippen molar-refractivity contribution in [1.29, 1.82) is 0 Å². The van der Waals surface area contributed by atoms with Gasteiger partial charge in [-0.3, -0.25) is 9.59 Å². The van der Waals surface area contributed by atoms with Crippen LogP contribution in [0.1, 0.15) is 19.4 Å². The van der Waals surface area contributed by atoms with E-state index in [1.54, 1.807) is 13.8 Å². The van der Waals surface area contributed by atoms with Crippen molar-refractivity contribution >= 4 is 35.1 Å². The summed E-state index contributed by atoms with van der Waals surface area (Å²) in [5.41, 5.74) is 12.5. The number of primary amides is 1. The zero-order valence-electron chi connectivity index (χ0n) is 13.3. The third kappa shape index (κ3) is 4.46. The van der Waals surface area contributed by atoms with Gasteiger partial charge in [-0.05, 0) is 31.9 Å². The molecule has 6 nitrogen and oxygen atoms in total. The van der Waals surface area contributed by atoms with E-state index in [4.69, 9.17) is 11.5 Å². The van der Waals surface area contributed by atoms with E-state index in [-0.39, 0.29) is 24.9 Å². The summed E-state index contributed by atoms with van der Waals surface area (Å²) in [6.45, 7) is 3.53. The smallest absolute Gasteiger partial charge is 0.237 e. The summed E-state index contributed by atoms with van der Waals surface area (Å²) >= 11 is 0. The van der Waals surface area contributed by atoms with Crippen LogP contribution in [0.2, 0.25) is 0 Å². The quantitative estimate of drug-likeness (QED) is 0.632. The van der Waals surface area contributed by atoms with Crippen molar-refractivity contribution in [2.75, 3.05) is 6.54 Å². The Morgan fingerprint density at radius 1 is 1.30 bits per heavy atom. The number of nitrogens with two attached hydrogens (primary N) is 2. The minimum atomic E-state index is -0.795. The highest BCUT2D eigenvalue weighted by Gasteiger charge is 2.26. The predicted octanol–water partition coefficient (Wildman–Crippen LogP) is 1.09. The van der Waals surface area contributed by atoms with Gasteiger partial charge >= 0.3 is 0 Å². The van der Waals surface area contributed by atoms with Crippen LogP contribution in [0.25, 0.3) is 10.9 Å². The summed E-state index contributed by atoms with van der Waals surface area (Å²) in [7, 11) is 0. The number of carbonyl (C=O) groups excluding carboxylic acids is 2. The molecule has 1 heterocycles. The van der Waals surface area contributed by atoms with Gasteiger partial charge in [0, 0.05) is 23.6 Å². The molecule has 1 aromatic carbocycles. The van der Waals surface area contributed by atoms with Crippen molar-refractivity contribution in [2.24, 2.45) is 16.9 Å². The van der Waals surface area contributed by atoms with E-state index in [1.807, 2.05) is 30.5 Å². The molecule has 0 bridgehead atoms. The first-order chi connectivity index (χ1) is 10.3. The van der Waals surface area contributed by atoms with E-state index >= 15 is 0 Å². The number of aromatic nitrogens is 1. The van der Waals surface area contributed by atoms with Gasteiger partial charge < -0.3 is 21.8 Å². The topological polar surface area (TPSA) is 114 Å². The number of hydrogen-bond donors (Lipinski definition) is 4. The fourth-order valence-corrected chi connectivity index (χ4v) is 2.16. The maximum atomic E-state index is 12.1. The first-order valence-corrected chi connectivity index (χ1v) is 7.19. The molecule has 0 unspecified atom stereocenters. The maximum absolute atomic E-state index is 12.1. The van der Waals surface area contributed by atoms with E-state index in [0.29, 0.717) is 6.42 Å². The molecule has 0 fully saturated rings. The first kappa shape index (κ1) is 19.0. The molecule has 126 valence electrons. The lowest BCUT2D eigenvalue weighted by molar-refractivity contribution is -0.127. The third-order valence-corrected chi connectivity index (χ3v) is 3.82. The summed E-state index contributed by atoms with van der Waals surface area (Å²) in [5, 5.41) is 3.75. The molecule has 0 spiro atoms. The Hall–Kier alpha value is -2.05. The number of amides is 2. The van der Waals surface area contributed by atoms with E-state index in [0.717, 1.165) is 16.5 Å². The van der Waals surface area contributed by atoms with Gasteiger partial charge in [0.25, 0.3) is 0 Å². The molecule has 2 aromatic rings.